The fourth-order valence-electron chi connectivity index (χ4n) is 3.50. The summed E-state index contributed by atoms with van der Waals surface area (Å²) in [6.45, 7) is 0. The number of hydrogen-bond acceptors (Lipinski definition) is 0. The van der Waals surface area contributed by atoms with Crippen LogP contribution in [0.1, 0.15) is 12.8 Å². The van der Waals surface area contributed by atoms with E-state index in [-0.39, 0.29) is 0 Å². The van der Waals surface area contributed by atoms with E-state index in [4.69, 9.17) is 33.2 Å². The van der Waals surface area contributed by atoms with Crippen molar-refractivity contribution in [3.8, 4) is 0 Å². The van der Waals surface area contributed by atoms with Crippen LogP contribution >= 0.6 is 33.2 Å². The number of rotatable bonds is 1. The van der Waals surface area contributed by atoms with Gasteiger partial charge in [-0.3, -0.25) is 0 Å². The molecule has 0 saturated heterocycles. The number of allylic oxidation sites excluding steroid dienone is 2. The van der Waals surface area contributed by atoms with Gasteiger partial charge >= 0.3 is 6.00 Å². The van der Waals surface area contributed by atoms with Gasteiger partial charge in [0.2, 0.25) is 0 Å². The summed E-state index contributed by atoms with van der Waals surface area (Å²) < 4.78 is 0. The number of halogens is 3. The van der Waals surface area contributed by atoms with E-state index in [0.717, 1.165) is 23.7 Å². The lowest BCUT2D eigenvalue weighted by atomic mass is 9.67. The van der Waals surface area contributed by atoms with Crippen molar-refractivity contribution in [2.75, 3.05) is 0 Å². The first kappa shape index (κ1) is 9.08. The third-order valence-electron chi connectivity index (χ3n) is 4.10. The molecule has 0 N–H and O–H groups in total. The third-order valence-corrected chi connectivity index (χ3v) is 8.08. The Balaban J connectivity index is 1.83. The zero-order valence-electron chi connectivity index (χ0n) is 7.09. The predicted molar refractivity (Wildman–Crippen MR) is 59.4 cm³/mol. The Morgan fingerprint density at radius 1 is 1.00 bits per heavy atom. The molecule has 3 aliphatic carbocycles. The SMILES string of the molecule is Cl[Si](Cl)(Cl)C1CC2C3C=CC(C3)C21. The van der Waals surface area contributed by atoms with Crippen molar-refractivity contribution >= 4 is 39.2 Å². The van der Waals surface area contributed by atoms with E-state index in [1.54, 1.807) is 0 Å². The van der Waals surface area contributed by atoms with E-state index in [0.29, 0.717) is 5.54 Å². The van der Waals surface area contributed by atoms with Crippen LogP contribution in [0.5, 0.6) is 0 Å². The second kappa shape index (κ2) is 2.69. The van der Waals surface area contributed by atoms with Crippen LogP contribution in [0, 0.1) is 23.7 Å². The monoisotopic (exact) mass is 252 g/mol. The molecule has 0 spiro atoms. The molecule has 0 nitrogen and oxygen atoms in total. The van der Waals surface area contributed by atoms with Crippen LogP contribution in [-0.2, 0) is 0 Å². The van der Waals surface area contributed by atoms with Gasteiger partial charge in [-0.25, -0.2) is 0 Å². The van der Waals surface area contributed by atoms with E-state index in [2.05, 4.69) is 12.2 Å². The van der Waals surface area contributed by atoms with Crippen molar-refractivity contribution in [3.63, 3.8) is 0 Å². The Morgan fingerprint density at radius 3 is 2.31 bits per heavy atom. The first-order chi connectivity index (χ1) is 6.07. The Bertz CT molecular complexity index is 271. The molecule has 0 aromatic heterocycles. The standard InChI is InChI=1S/C9H11Cl3Si/c10-13(11,12)8-4-7-5-1-2-6(3-5)9(7)8/h1-2,5-9H,3-4H2. The Kier molecular flexibility index (Phi) is 1.88. The summed E-state index contributed by atoms with van der Waals surface area (Å²) in [5.41, 5.74) is 0.447. The average Bonchev–Trinajstić information content (AvgIpc) is 2.37. The molecule has 0 aliphatic heterocycles. The molecule has 2 bridgehead atoms. The fourth-order valence-corrected chi connectivity index (χ4v) is 7.08. The molecule has 0 radical (unpaired) electrons. The van der Waals surface area contributed by atoms with Gasteiger partial charge in [0.1, 0.15) is 0 Å². The molecule has 4 heteroatoms. The van der Waals surface area contributed by atoms with E-state index >= 15 is 0 Å². The molecular formula is C9H11Cl3Si. The summed E-state index contributed by atoms with van der Waals surface area (Å²) in [7, 11) is 0. The van der Waals surface area contributed by atoms with Crippen LogP contribution in [0.25, 0.3) is 0 Å². The largest absolute Gasteiger partial charge is 0.344 e. The van der Waals surface area contributed by atoms with Crippen LogP contribution in [-0.4, -0.2) is 6.00 Å². The molecule has 13 heavy (non-hydrogen) atoms. The zero-order chi connectivity index (χ0) is 9.22. The lowest BCUT2D eigenvalue weighted by Gasteiger charge is -2.48. The lowest BCUT2D eigenvalue weighted by Crippen LogP contribution is -2.44. The molecule has 72 valence electrons. The molecule has 5 unspecified atom stereocenters. The van der Waals surface area contributed by atoms with Gasteiger partial charge in [-0.1, -0.05) is 12.2 Å². The maximum atomic E-state index is 6.08. The maximum Gasteiger partial charge on any atom is 0.344 e. The van der Waals surface area contributed by atoms with Gasteiger partial charge in [0.25, 0.3) is 0 Å². The highest BCUT2D eigenvalue weighted by Crippen LogP contribution is 2.67. The molecule has 3 rings (SSSR count). The Morgan fingerprint density at radius 2 is 1.69 bits per heavy atom. The Hall–Kier alpha value is 0.827. The minimum absolute atomic E-state index is 0.447. The van der Waals surface area contributed by atoms with E-state index in [1.807, 2.05) is 0 Å². The van der Waals surface area contributed by atoms with Crippen LogP contribution in [0.3, 0.4) is 0 Å². The van der Waals surface area contributed by atoms with Gasteiger partial charge in [-0.05, 0) is 42.1 Å². The van der Waals surface area contributed by atoms with E-state index in [1.165, 1.54) is 12.8 Å². The number of fused-ring (bicyclic) bond motifs is 5. The summed E-state index contributed by atoms with van der Waals surface area (Å²) in [5, 5.41) is 0. The molecule has 3 aliphatic rings. The lowest BCUT2D eigenvalue weighted by molar-refractivity contribution is 0.161. The van der Waals surface area contributed by atoms with Gasteiger partial charge in [0.05, 0.1) is 0 Å². The van der Waals surface area contributed by atoms with Gasteiger partial charge in [-0.15, -0.1) is 33.2 Å². The quantitative estimate of drug-likeness (QED) is 0.378. The summed E-state index contributed by atoms with van der Waals surface area (Å²) >= 11 is 18.3. The first-order valence-electron chi connectivity index (χ1n) is 4.82. The molecule has 0 aromatic carbocycles. The van der Waals surface area contributed by atoms with Crippen molar-refractivity contribution in [1.29, 1.82) is 0 Å². The summed E-state index contributed by atoms with van der Waals surface area (Å²) in [5.74, 6) is 3.17. The molecule has 0 aromatic rings. The van der Waals surface area contributed by atoms with E-state index in [9.17, 15) is 0 Å². The molecular weight excluding hydrogens is 243 g/mol. The van der Waals surface area contributed by atoms with Crippen LogP contribution in [0.2, 0.25) is 5.54 Å². The molecule has 0 amide bonds. The minimum Gasteiger partial charge on any atom is -0.126 e. The topological polar surface area (TPSA) is 0 Å². The highest BCUT2D eigenvalue weighted by molar-refractivity contribution is 7.65. The van der Waals surface area contributed by atoms with Crippen molar-refractivity contribution < 1.29 is 0 Å². The predicted octanol–water partition coefficient (Wildman–Crippen LogP) is 3.85. The molecule has 2 saturated carbocycles. The highest BCUT2D eigenvalue weighted by atomic mass is 35.8. The van der Waals surface area contributed by atoms with Gasteiger partial charge < -0.3 is 0 Å². The van der Waals surface area contributed by atoms with Crippen molar-refractivity contribution in [2.45, 2.75) is 18.4 Å². The zero-order valence-corrected chi connectivity index (χ0v) is 10.4. The highest BCUT2D eigenvalue weighted by Gasteiger charge is 2.61. The van der Waals surface area contributed by atoms with E-state index < -0.39 is 6.00 Å². The molecule has 5 atom stereocenters. The third kappa shape index (κ3) is 1.17. The Labute approximate surface area is 93.4 Å². The van der Waals surface area contributed by atoms with Crippen molar-refractivity contribution in [2.24, 2.45) is 23.7 Å². The average molecular weight is 254 g/mol. The van der Waals surface area contributed by atoms with Crippen LogP contribution in [0.4, 0.5) is 0 Å². The number of hydrogen-bond donors (Lipinski definition) is 0. The fraction of sp³-hybridized carbons (Fsp3) is 0.778. The van der Waals surface area contributed by atoms with Gasteiger partial charge in [-0.2, -0.15) is 0 Å². The van der Waals surface area contributed by atoms with Gasteiger partial charge in [0.15, 0.2) is 0 Å². The second-order valence-corrected chi connectivity index (χ2v) is 13.5. The second-order valence-electron chi connectivity index (χ2n) is 4.57. The molecule has 2 fully saturated rings. The van der Waals surface area contributed by atoms with Crippen LogP contribution < -0.4 is 0 Å². The summed E-state index contributed by atoms with van der Waals surface area (Å²) in [6.07, 6.45) is 7.24. The smallest absolute Gasteiger partial charge is 0.126 e. The van der Waals surface area contributed by atoms with Crippen molar-refractivity contribution in [1.82, 2.24) is 0 Å². The normalized spacial score (nSPS) is 52.1. The summed E-state index contributed by atoms with van der Waals surface area (Å²) in [4.78, 5) is 0. The maximum absolute atomic E-state index is 6.08. The minimum atomic E-state index is -2.41. The first-order valence-corrected chi connectivity index (χ1v) is 9.93. The van der Waals surface area contributed by atoms with Crippen LogP contribution in [0.15, 0.2) is 12.2 Å². The molecule has 0 heterocycles. The van der Waals surface area contributed by atoms with Crippen molar-refractivity contribution in [3.05, 3.63) is 12.2 Å². The van der Waals surface area contributed by atoms with Gasteiger partial charge in [0, 0.05) is 0 Å². The summed E-state index contributed by atoms with van der Waals surface area (Å²) in [6, 6.07) is -2.41.